The molecule has 1 atom stereocenters. The van der Waals surface area contributed by atoms with Crippen molar-refractivity contribution in [2.24, 2.45) is 5.92 Å². The highest BCUT2D eigenvalue weighted by atomic mass is 19.1. The molecule has 0 bridgehead atoms. The summed E-state index contributed by atoms with van der Waals surface area (Å²) in [5.74, 6) is 0.803. The highest BCUT2D eigenvalue weighted by Crippen LogP contribution is 2.31. The quantitative estimate of drug-likeness (QED) is 0.860. The first-order valence-corrected chi connectivity index (χ1v) is 6.27. The van der Waals surface area contributed by atoms with Crippen LogP contribution in [0.5, 0.6) is 0 Å². The van der Waals surface area contributed by atoms with Crippen molar-refractivity contribution in [3.8, 4) is 0 Å². The van der Waals surface area contributed by atoms with E-state index in [-0.39, 0.29) is 0 Å². The molecule has 1 aromatic heterocycles. The van der Waals surface area contributed by atoms with Crippen LogP contribution in [-0.2, 0) is 0 Å². The molecule has 3 rings (SSSR count). The Hall–Kier alpha value is -1.23. The summed E-state index contributed by atoms with van der Waals surface area (Å²) >= 11 is 0. The lowest BCUT2D eigenvalue weighted by Gasteiger charge is -2.14. The average Bonchev–Trinajstić information content (AvgIpc) is 3.09. The lowest BCUT2D eigenvalue weighted by atomic mass is 10.1. The molecule has 1 aromatic rings. The largest absolute Gasteiger partial charge is 0.354 e. The van der Waals surface area contributed by atoms with Crippen molar-refractivity contribution in [1.29, 1.82) is 0 Å². The molecule has 0 radical (unpaired) electrons. The molecule has 0 aromatic carbocycles. The van der Waals surface area contributed by atoms with Crippen molar-refractivity contribution < 1.29 is 4.39 Å². The van der Waals surface area contributed by atoms with E-state index in [1.165, 1.54) is 44.7 Å². The van der Waals surface area contributed by atoms with E-state index in [1.54, 1.807) is 0 Å². The molecular weight excluding hydrogens is 219 g/mol. The van der Waals surface area contributed by atoms with Crippen molar-refractivity contribution in [3.63, 3.8) is 0 Å². The number of likely N-dealkylation sites (tertiary alicyclic amines) is 1. The minimum absolute atomic E-state index is 0.392. The molecule has 2 aliphatic rings. The Kier molecular flexibility index (Phi) is 2.93. The molecule has 1 saturated heterocycles. The van der Waals surface area contributed by atoms with Crippen LogP contribution in [0.25, 0.3) is 0 Å². The number of hydrogen-bond donors (Lipinski definition) is 1. The Labute approximate surface area is 100 Å². The second kappa shape index (κ2) is 4.56. The molecule has 2 heterocycles. The third kappa shape index (κ3) is 2.72. The van der Waals surface area contributed by atoms with Gasteiger partial charge in [-0.25, -0.2) is 14.4 Å². The molecule has 92 valence electrons. The van der Waals surface area contributed by atoms with E-state index in [4.69, 9.17) is 0 Å². The summed E-state index contributed by atoms with van der Waals surface area (Å²) in [6.07, 6.45) is 6.38. The molecule has 1 unspecified atom stereocenters. The van der Waals surface area contributed by atoms with Gasteiger partial charge in [-0.15, -0.1) is 0 Å². The molecule has 0 amide bonds. The van der Waals surface area contributed by atoms with Crippen molar-refractivity contribution in [2.75, 3.05) is 25.0 Å². The maximum Gasteiger partial charge on any atom is 0.222 e. The van der Waals surface area contributed by atoms with Crippen LogP contribution in [0.15, 0.2) is 12.4 Å². The molecule has 1 aliphatic carbocycles. The number of anilines is 1. The number of nitrogens with one attached hydrogen (secondary N) is 1. The SMILES string of the molecule is Fc1cnc(NCC2CCN(C3CC3)C2)nc1. The molecule has 4 nitrogen and oxygen atoms in total. The van der Waals surface area contributed by atoms with Crippen LogP contribution >= 0.6 is 0 Å². The highest BCUT2D eigenvalue weighted by molar-refractivity contribution is 5.22. The third-order valence-corrected chi connectivity index (χ3v) is 3.55. The van der Waals surface area contributed by atoms with Gasteiger partial charge in [-0.3, -0.25) is 0 Å². The van der Waals surface area contributed by atoms with E-state index in [9.17, 15) is 4.39 Å². The highest BCUT2D eigenvalue weighted by Gasteiger charge is 2.34. The number of hydrogen-bond acceptors (Lipinski definition) is 4. The molecule has 1 saturated carbocycles. The van der Waals surface area contributed by atoms with E-state index in [2.05, 4.69) is 20.2 Å². The third-order valence-electron chi connectivity index (χ3n) is 3.55. The van der Waals surface area contributed by atoms with Crippen LogP contribution < -0.4 is 5.32 Å². The Bertz CT molecular complexity index is 377. The van der Waals surface area contributed by atoms with Gasteiger partial charge in [0, 0.05) is 19.1 Å². The van der Waals surface area contributed by atoms with Gasteiger partial charge in [0.2, 0.25) is 5.95 Å². The maximum absolute atomic E-state index is 12.6. The molecule has 2 fully saturated rings. The molecular formula is C12H17FN4. The van der Waals surface area contributed by atoms with Crippen LogP contribution in [0, 0.1) is 11.7 Å². The van der Waals surface area contributed by atoms with Crippen LogP contribution in [0.4, 0.5) is 10.3 Å². The zero-order valence-corrected chi connectivity index (χ0v) is 9.77. The Morgan fingerprint density at radius 2 is 2.06 bits per heavy atom. The first-order valence-electron chi connectivity index (χ1n) is 6.27. The summed E-state index contributed by atoms with van der Waals surface area (Å²) in [7, 11) is 0. The Balaban J connectivity index is 1.46. The lowest BCUT2D eigenvalue weighted by Crippen LogP contribution is -2.25. The van der Waals surface area contributed by atoms with Gasteiger partial charge >= 0.3 is 0 Å². The predicted molar refractivity (Wildman–Crippen MR) is 63.2 cm³/mol. The smallest absolute Gasteiger partial charge is 0.222 e. The maximum atomic E-state index is 12.6. The summed E-state index contributed by atoms with van der Waals surface area (Å²) in [6.45, 7) is 3.29. The van der Waals surface area contributed by atoms with E-state index in [1.807, 2.05) is 0 Å². The van der Waals surface area contributed by atoms with Crippen molar-refractivity contribution >= 4 is 5.95 Å². The monoisotopic (exact) mass is 236 g/mol. The van der Waals surface area contributed by atoms with E-state index >= 15 is 0 Å². The van der Waals surface area contributed by atoms with Gasteiger partial charge in [-0.1, -0.05) is 0 Å². The predicted octanol–water partition coefficient (Wildman–Crippen LogP) is 1.51. The van der Waals surface area contributed by atoms with Crippen molar-refractivity contribution in [2.45, 2.75) is 25.3 Å². The van der Waals surface area contributed by atoms with Gasteiger partial charge in [0.05, 0.1) is 12.4 Å². The van der Waals surface area contributed by atoms with Gasteiger partial charge in [-0.2, -0.15) is 0 Å². The standard InChI is InChI=1S/C12H17FN4/c13-10-6-15-12(16-7-10)14-5-9-3-4-17(8-9)11-1-2-11/h6-7,9,11H,1-5,8H2,(H,14,15,16). The molecule has 1 N–H and O–H groups in total. The fraction of sp³-hybridized carbons (Fsp3) is 0.667. The van der Waals surface area contributed by atoms with Crippen LogP contribution in [0.1, 0.15) is 19.3 Å². The van der Waals surface area contributed by atoms with E-state index < -0.39 is 5.82 Å². The van der Waals surface area contributed by atoms with Gasteiger partial charge < -0.3 is 10.2 Å². The van der Waals surface area contributed by atoms with Crippen LogP contribution in [0.3, 0.4) is 0 Å². The van der Waals surface area contributed by atoms with Gasteiger partial charge in [0.15, 0.2) is 5.82 Å². The second-order valence-electron chi connectivity index (χ2n) is 4.99. The number of aromatic nitrogens is 2. The first-order chi connectivity index (χ1) is 8.31. The van der Waals surface area contributed by atoms with Crippen LogP contribution in [0.2, 0.25) is 0 Å². The zero-order valence-electron chi connectivity index (χ0n) is 9.77. The lowest BCUT2D eigenvalue weighted by molar-refractivity contribution is 0.316. The van der Waals surface area contributed by atoms with Gasteiger partial charge in [-0.05, 0) is 31.7 Å². The first kappa shape index (κ1) is 10.9. The van der Waals surface area contributed by atoms with E-state index in [0.29, 0.717) is 11.9 Å². The summed E-state index contributed by atoms with van der Waals surface area (Å²) in [4.78, 5) is 10.4. The Morgan fingerprint density at radius 3 is 2.76 bits per heavy atom. The Morgan fingerprint density at radius 1 is 1.29 bits per heavy atom. The minimum Gasteiger partial charge on any atom is -0.354 e. The topological polar surface area (TPSA) is 41.1 Å². The molecule has 17 heavy (non-hydrogen) atoms. The molecule has 5 heteroatoms. The van der Waals surface area contributed by atoms with Gasteiger partial charge in [0.1, 0.15) is 0 Å². The van der Waals surface area contributed by atoms with Crippen LogP contribution in [-0.4, -0.2) is 40.5 Å². The average molecular weight is 236 g/mol. The summed E-state index contributed by atoms with van der Waals surface area (Å²) in [5.41, 5.74) is 0. The number of nitrogens with zero attached hydrogens (tertiary/aromatic N) is 3. The van der Waals surface area contributed by atoms with Gasteiger partial charge in [0.25, 0.3) is 0 Å². The number of rotatable bonds is 4. The second-order valence-corrected chi connectivity index (χ2v) is 4.99. The summed E-state index contributed by atoms with van der Waals surface area (Å²) < 4.78 is 12.6. The molecule has 0 spiro atoms. The summed E-state index contributed by atoms with van der Waals surface area (Å²) in [5, 5.41) is 3.18. The normalized spacial score (nSPS) is 25.1. The van der Waals surface area contributed by atoms with Crippen molar-refractivity contribution in [3.05, 3.63) is 18.2 Å². The fourth-order valence-electron chi connectivity index (χ4n) is 2.44. The summed E-state index contributed by atoms with van der Waals surface area (Å²) in [6, 6.07) is 0.863. The zero-order chi connectivity index (χ0) is 11.7. The van der Waals surface area contributed by atoms with Crippen molar-refractivity contribution in [1.82, 2.24) is 14.9 Å². The van der Waals surface area contributed by atoms with E-state index in [0.717, 1.165) is 12.6 Å². The molecule has 1 aliphatic heterocycles. The fourth-order valence-corrected chi connectivity index (χ4v) is 2.44. The minimum atomic E-state index is -0.392. The number of halogens is 1.